The van der Waals surface area contributed by atoms with E-state index in [1.54, 1.807) is 22.6 Å². The van der Waals surface area contributed by atoms with Crippen LogP contribution in [0.4, 0.5) is 0 Å². The molecule has 30 heavy (non-hydrogen) atoms. The van der Waals surface area contributed by atoms with Crippen LogP contribution in [0.2, 0.25) is 0 Å². The van der Waals surface area contributed by atoms with Crippen LogP contribution in [0.1, 0.15) is 67.8 Å². The van der Waals surface area contributed by atoms with Crippen molar-refractivity contribution in [3.05, 3.63) is 75.8 Å². The molecule has 0 bridgehead atoms. The van der Waals surface area contributed by atoms with E-state index in [9.17, 15) is 9.59 Å². The van der Waals surface area contributed by atoms with Gasteiger partial charge in [0.15, 0.2) is 0 Å². The van der Waals surface area contributed by atoms with E-state index in [2.05, 4.69) is 6.92 Å². The molecule has 158 valence electrons. The van der Waals surface area contributed by atoms with Crippen LogP contribution < -0.4 is 5.56 Å². The van der Waals surface area contributed by atoms with E-state index < -0.39 is 0 Å². The van der Waals surface area contributed by atoms with Gasteiger partial charge in [0, 0.05) is 19.2 Å². The Labute approximate surface area is 178 Å². The van der Waals surface area contributed by atoms with E-state index in [4.69, 9.17) is 4.98 Å². The first-order valence-electron chi connectivity index (χ1n) is 10.9. The fraction of sp³-hybridized carbons (Fsp3) is 0.400. The monoisotopic (exact) mass is 405 g/mol. The highest BCUT2D eigenvalue weighted by molar-refractivity contribution is 5.94. The summed E-state index contributed by atoms with van der Waals surface area (Å²) in [5, 5.41) is 0.606. The Kier molecular flexibility index (Phi) is 7.03. The summed E-state index contributed by atoms with van der Waals surface area (Å²) in [5.74, 6) is 0.577. The molecule has 0 aliphatic heterocycles. The number of benzene rings is 2. The number of amides is 1. The summed E-state index contributed by atoms with van der Waals surface area (Å²) < 4.78 is 1.69. The molecule has 1 atom stereocenters. The number of fused-ring (bicyclic) bond motifs is 1. The summed E-state index contributed by atoms with van der Waals surface area (Å²) >= 11 is 0. The van der Waals surface area contributed by atoms with Crippen molar-refractivity contribution in [2.24, 2.45) is 0 Å². The number of rotatable bonds is 8. The number of carbonyl (C=O) groups is 1. The van der Waals surface area contributed by atoms with Crippen LogP contribution in [-0.4, -0.2) is 27.4 Å². The van der Waals surface area contributed by atoms with Crippen molar-refractivity contribution in [1.82, 2.24) is 14.5 Å². The van der Waals surface area contributed by atoms with Gasteiger partial charge in [0.05, 0.1) is 16.9 Å². The molecular weight excluding hydrogens is 374 g/mol. The first-order chi connectivity index (χ1) is 14.5. The number of carbonyl (C=O) groups excluding carboxylic acids is 1. The fourth-order valence-corrected chi connectivity index (χ4v) is 3.91. The molecule has 3 rings (SSSR count). The first kappa shape index (κ1) is 21.8. The van der Waals surface area contributed by atoms with Gasteiger partial charge in [0.2, 0.25) is 0 Å². The molecule has 5 heteroatoms. The number of hydrogen-bond donors (Lipinski definition) is 0. The van der Waals surface area contributed by atoms with Crippen LogP contribution in [0, 0.1) is 0 Å². The average molecular weight is 406 g/mol. The third-order valence-electron chi connectivity index (χ3n) is 5.70. The lowest BCUT2D eigenvalue weighted by atomic mass is 10.0. The Morgan fingerprint density at radius 1 is 1.07 bits per heavy atom. The maximum absolute atomic E-state index is 13.2. The summed E-state index contributed by atoms with van der Waals surface area (Å²) in [4.78, 5) is 32.7. The van der Waals surface area contributed by atoms with Gasteiger partial charge in [0.25, 0.3) is 11.5 Å². The van der Waals surface area contributed by atoms with Gasteiger partial charge in [-0.15, -0.1) is 0 Å². The van der Waals surface area contributed by atoms with Gasteiger partial charge in [-0.1, -0.05) is 44.5 Å². The van der Waals surface area contributed by atoms with E-state index in [1.165, 1.54) is 5.56 Å². The van der Waals surface area contributed by atoms with Crippen molar-refractivity contribution in [2.75, 3.05) is 7.05 Å². The third kappa shape index (κ3) is 4.30. The smallest absolute Gasteiger partial charge is 0.261 e. The molecule has 1 heterocycles. The second-order valence-corrected chi connectivity index (χ2v) is 7.68. The molecule has 0 radical (unpaired) electrons. The molecule has 1 amide bonds. The SMILES string of the molecule is CCCCc1ccc(C(=O)N(C)C(CC)c2nc3ccccc3c(=O)n2CC)cc1. The second kappa shape index (κ2) is 9.70. The summed E-state index contributed by atoms with van der Waals surface area (Å²) in [6.45, 7) is 6.64. The molecule has 1 unspecified atom stereocenters. The molecule has 0 aliphatic carbocycles. The Morgan fingerprint density at radius 2 is 1.77 bits per heavy atom. The minimum atomic E-state index is -0.283. The molecular formula is C25H31N3O2. The minimum absolute atomic E-state index is 0.0577. The van der Waals surface area contributed by atoms with E-state index in [0.717, 1.165) is 19.3 Å². The van der Waals surface area contributed by atoms with Crippen molar-refractivity contribution < 1.29 is 4.79 Å². The van der Waals surface area contributed by atoms with Gasteiger partial charge < -0.3 is 4.90 Å². The Morgan fingerprint density at radius 3 is 2.40 bits per heavy atom. The maximum atomic E-state index is 13.2. The highest BCUT2D eigenvalue weighted by Crippen LogP contribution is 2.24. The molecule has 0 aliphatic rings. The third-order valence-corrected chi connectivity index (χ3v) is 5.70. The van der Waals surface area contributed by atoms with E-state index in [1.807, 2.05) is 56.3 Å². The fourth-order valence-electron chi connectivity index (χ4n) is 3.91. The van der Waals surface area contributed by atoms with Crippen LogP contribution in [0.25, 0.3) is 10.9 Å². The van der Waals surface area contributed by atoms with Gasteiger partial charge in [-0.05, 0) is 56.0 Å². The van der Waals surface area contributed by atoms with Gasteiger partial charge in [-0.3, -0.25) is 14.2 Å². The van der Waals surface area contributed by atoms with Crippen molar-refractivity contribution in [1.29, 1.82) is 0 Å². The quantitative estimate of drug-likeness (QED) is 0.531. The van der Waals surface area contributed by atoms with Gasteiger partial charge in [-0.2, -0.15) is 0 Å². The summed E-state index contributed by atoms with van der Waals surface area (Å²) in [6.07, 6.45) is 4.00. The average Bonchev–Trinajstić information content (AvgIpc) is 2.78. The number of para-hydroxylation sites is 1. The van der Waals surface area contributed by atoms with Gasteiger partial charge in [0.1, 0.15) is 5.82 Å². The minimum Gasteiger partial charge on any atom is -0.332 e. The summed E-state index contributed by atoms with van der Waals surface area (Å²) in [7, 11) is 1.79. The molecule has 0 fully saturated rings. The molecule has 0 spiro atoms. The number of nitrogens with zero attached hydrogens (tertiary/aromatic N) is 3. The Hall–Kier alpha value is -2.95. The van der Waals surface area contributed by atoms with E-state index >= 15 is 0 Å². The Bertz CT molecular complexity index is 1070. The molecule has 0 saturated carbocycles. The topological polar surface area (TPSA) is 55.2 Å². The van der Waals surface area contributed by atoms with Crippen molar-refractivity contribution >= 4 is 16.8 Å². The van der Waals surface area contributed by atoms with Crippen molar-refractivity contribution in [2.45, 2.75) is 59.0 Å². The highest BCUT2D eigenvalue weighted by atomic mass is 16.2. The van der Waals surface area contributed by atoms with Crippen LogP contribution in [0.3, 0.4) is 0 Å². The van der Waals surface area contributed by atoms with E-state index in [-0.39, 0.29) is 17.5 Å². The predicted molar refractivity (Wildman–Crippen MR) is 122 cm³/mol. The first-order valence-corrected chi connectivity index (χ1v) is 10.9. The number of aromatic nitrogens is 2. The second-order valence-electron chi connectivity index (χ2n) is 7.68. The lowest BCUT2D eigenvalue weighted by molar-refractivity contribution is 0.0715. The zero-order valence-corrected chi connectivity index (χ0v) is 18.4. The molecule has 1 aromatic heterocycles. The molecule has 5 nitrogen and oxygen atoms in total. The summed E-state index contributed by atoms with van der Waals surface area (Å²) in [6, 6.07) is 15.0. The van der Waals surface area contributed by atoms with Crippen LogP contribution in [-0.2, 0) is 13.0 Å². The van der Waals surface area contributed by atoms with E-state index in [0.29, 0.717) is 35.3 Å². The van der Waals surface area contributed by atoms with Crippen LogP contribution >= 0.6 is 0 Å². The van der Waals surface area contributed by atoms with Gasteiger partial charge in [-0.25, -0.2) is 4.98 Å². The lowest BCUT2D eigenvalue weighted by Gasteiger charge is -2.29. The Balaban J connectivity index is 1.95. The lowest BCUT2D eigenvalue weighted by Crippen LogP contribution is -2.36. The largest absolute Gasteiger partial charge is 0.332 e. The number of hydrogen-bond acceptors (Lipinski definition) is 3. The molecule has 0 N–H and O–H groups in total. The van der Waals surface area contributed by atoms with Crippen LogP contribution in [0.5, 0.6) is 0 Å². The zero-order chi connectivity index (χ0) is 21.7. The van der Waals surface area contributed by atoms with Gasteiger partial charge >= 0.3 is 0 Å². The van der Waals surface area contributed by atoms with Crippen LogP contribution in [0.15, 0.2) is 53.3 Å². The van der Waals surface area contributed by atoms with Crippen molar-refractivity contribution in [3.8, 4) is 0 Å². The standard InChI is InChI=1S/C25H31N3O2/c1-5-8-11-18-14-16-19(17-15-18)24(29)27(4)22(6-2)23-26-21-13-10-9-12-20(21)25(30)28(23)7-3/h9-10,12-17,22H,5-8,11H2,1-4H3. The maximum Gasteiger partial charge on any atom is 0.261 e. The predicted octanol–water partition coefficient (Wildman–Crippen LogP) is 4.98. The zero-order valence-electron chi connectivity index (χ0n) is 18.4. The number of unbranched alkanes of at least 4 members (excludes halogenated alkanes) is 1. The normalized spacial score (nSPS) is 12.1. The molecule has 0 saturated heterocycles. The summed E-state index contributed by atoms with van der Waals surface area (Å²) in [5.41, 5.74) is 2.51. The number of aryl methyl sites for hydroxylation is 1. The highest BCUT2D eigenvalue weighted by Gasteiger charge is 2.26. The molecule has 3 aromatic rings. The van der Waals surface area contributed by atoms with Crippen molar-refractivity contribution in [3.63, 3.8) is 0 Å². The molecule has 2 aromatic carbocycles.